The van der Waals surface area contributed by atoms with Crippen molar-refractivity contribution in [2.45, 2.75) is 32.0 Å². The Hall–Kier alpha value is -2.61. The Labute approximate surface area is 159 Å². The first-order valence-corrected chi connectivity index (χ1v) is 9.57. The van der Waals surface area contributed by atoms with Crippen LogP contribution in [-0.2, 0) is 22.9 Å². The van der Waals surface area contributed by atoms with E-state index in [2.05, 4.69) is 47.2 Å². The van der Waals surface area contributed by atoms with Gasteiger partial charge in [-0.05, 0) is 48.9 Å². The number of hydrogen-bond acceptors (Lipinski definition) is 3. The maximum absolute atomic E-state index is 9.48. The lowest BCUT2D eigenvalue weighted by Gasteiger charge is -2.22. The summed E-state index contributed by atoms with van der Waals surface area (Å²) >= 11 is 0. The lowest BCUT2D eigenvalue weighted by molar-refractivity contribution is -0.161. The second kappa shape index (κ2) is 7.96. The van der Waals surface area contributed by atoms with Gasteiger partial charge in [-0.3, -0.25) is 0 Å². The van der Waals surface area contributed by atoms with Crippen molar-refractivity contribution in [1.82, 2.24) is 4.57 Å². The molecule has 27 heavy (non-hydrogen) atoms. The van der Waals surface area contributed by atoms with Gasteiger partial charge in [0.05, 0.1) is 18.2 Å². The smallest absolute Gasteiger partial charge is 0.157 e. The lowest BCUT2D eigenvalue weighted by Crippen LogP contribution is -2.23. The highest BCUT2D eigenvalue weighted by atomic mass is 16.7. The van der Waals surface area contributed by atoms with E-state index in [9.17, 15) is 5.26 Å². The number of aromatic nitrogens is 1. The normalized spacial score (nSPS) is 17.1. The van der Waals surface area contributed by atoms with Gasteiger partial charge in [0, 0.05) is 36.3 Å². The van der Waals surface area contributed by atoms with E-state index in [-0.39, 0.29) is 6.29 Å². The molecule has 2 heterocycles. The zero-order valence-electron chi connectivity index (χ0n) is 15.6. The molecule has 0 radical (unpaired) electrons. The molecule has 2 aromatic carbocycles. The Morgan fingerprint density at radius 2 is 2.04 bits per heavy atom. The van der Waals surface area contributed by atoms with E-state index in [4.69, 9.17) is 9.47 Å². The van der Waals surface area contributed by atoms with Gasteiger partial charge >= 0.3 is 0 Å². The van der Waals surface area contributed by atoms with Crippen LogP contribution in [-0.4, -0.2) is 24.1 Å². The van der Waals surface area contributed by atoms with Crippen molar-refractivity contribution in [1.29, 1.82) is 5.26 Å². The predicted octanol–water partition coefficient (Wildman–Crippen LogP) is 4.80. The summed E-state index contributed by atoms with van der Waals surface area (Å²) in [6, 6.07) is 16.8. The van der Waals surface area contributed by atoms with Crippen LogP contribution in [0.4, 0.5) is 0 Å². The fraction of sp³-hybridized carbons (Fsp3) is 0.348. The van der Waals surface area contributed by atoms with Crippen LogP contribution in [0.15, 0.2) is 48.7 Å². The SMILES string of the molecule is Cn1cc(-c2ccc(CCO[C@@H]3CCCCO3)cc2)c2c(C#N)cccc21. The van der Waals surface area contributed by atoms with Crippen LogP contribution in [0, 0.1) is 11.3 Å². The number of nitriles is 1. The highest BCUT2D eigenvalue weighted by Gasteiger charge is 2.14. The minimum Gasteiger partial charge on any atom is -0.353 e. The third kappa shape index (κ3) is 3.75. The summed E-state index contributed by atoms with van der Waals surface area (Å²) in [7, 11) is 2.02. The zero-order chi connectivity index (χ0) is 18.6. The topological polar surface area (TPSA) is 47.2 Å². The lowest BCUT2D eigenvalue weighted by atomic mass is 10.00. The summed E-state index contributed by atoms with van der Waals surface area (Å²) in [6.07, 6.45) is 6.28. The molecule has 0 aliphatic carbocycles. The maximum atomic E-state index is 9.48. The van der Waals surface area contributed by atoms with Gasteiger partial charge in [-0.2, -0.15) is 5.26 Å². The molecule has 4 nitrogen and oxygen atoms in total. The van der Waals surface area contributed by atoms with Crippen LogP contribution in [0.25, 0.3) is 22.0 Å². The molecule has 4 heteroatoms. The Morgan fingerprint density at radius 1 is 1.19 bits per heavy atom. The monoisotopic (exact) mass is 360 g/mol. The van der Waals surface area contributed by atoms with Crippen LogP contribution >= 0.6 is 0 Å². The number of aryl methyl sites for hydroxylation is 1. The number of nitrogens with zero attached hydrogens (tertiary/aromatic N) is 2. The Morgan fingerprint density at radius 3 is 2.78 bits per heavy atom. The van der Waals surface area contributed by atoms with Gasteiger partial charge in [0.2, 0.25) is 0 Å². The predicted molar refractivity (Wildman–Crippen MR) is 106 cm³/mol. The van der Waals surface area contributed by atoms with E-state index in [1.807, 2.05) is 19.2 Å². The molecule has 1 fully saturated rings. The molecule has 4 rings (SSSR count). The second-order valence-corrected chi connectivity index (χ2v) is 7.08. The van der Waals surface area contributed by atoms with E-state index in [1.54, 1.807) is 0 Å². The van der Waals surface area contributed by atoms with Gasteiger partial charge in [0.15, 0.2) is 6.29 Å². The van der Waals surface area contributed by atoms with E-state index < -0.39 is 0 Å². The van der Waals surface area contributed by atoms with Crippen LogP contribution in [0.2, 0.25) is 0 Å². The fourth-order valence-corrected chi connectivity index (χ4v) is 3.76. The standard InChI is InChI=1S/C23H24N2O2/c1-25-16-20(23-19(15-24)5-4-6-21(23)25)18-10-8-17(9-11-18)12-14-27-22-7-2-3-13-26-22/h4-6,8-11,16,22H,2-3,7,12-14H2,1H3/t22-/m1/s1. The van der Waals surface area contributed by atoms with Crippen LogP contribution < -0.4 is 0 Å². The van der Waals surface area contributed by atoms with Gasteiger partial charge in [0.1, 0.15) is 0 Å². The second-order valence-electron chi connectivity index (χ2n) is 7.08. The molecule has 1 aliphatic heterocycles. The summed E-state index contributed by atoms with van der Waals surface area (Å²) in [5.74, 6) is 0. The van der Waals surface area contributed by atoms with Gasteiger partial charge in [-0.25, -0.2) is 0 Å². The van der Waals surface area contributed by atoms with Crippen molar-refractivity contribution in [3.63, 3.8) is 0 Å². The Balaban J connectivity index is 1.49. The molecule has 0 N–H and O–H groups in total. The molecule has 0 spiro atoms. The first-order valence-electron chi connectivity index (χ1n) is 9.57. The average molecular weight is 360 g/mol. The fourth-order valence-electron chi connectivity index (χ4n) is 3.76. The molecule has 1 atom stereocenters. The van der Waals surface area contributed by atoms with Gasteiger partial charge in [-0.1, -0.05) is 30.3 Å². The Bertz CT molecular complexity index is 960. The molecule has 0 unspecified atom stereocenters. The highest BCUT2D eigenvalue weighted by molar-refractivity contribution is 5.99. The molecule has 1 aliphatic rings. The summed E-state index contributed by atoms with van der Waals surface area (Å²) < 4.78 is 13.5. The minimum absolute atomic E-state index is 0.0295. The van der Waals surface area contributed by atoms with Crippen molar-refractivity contribution >= 4 is 10.9 Å². The molecule has 0 bridgehead atoms. The van der Waals surface area contributed by atoms with Crippen molar-refractivity contribution in [2.24, 2.45) is 7.05 Å². The third-order valence-corrected chi connectivity index (χ3v) is 5.23. The summed E-state index contributed by atoms with van der Waals surface area (Å²) in [6.45, 7) is 1.49. The number of rotatable bonds is 5. The number of fused-ring (bicyclic) bond motifs is 1. The number of hydrogen-bond donors (Lipinski definition) is 0. The van der Waals surface area contributed by atoms with Gasteiger partial charge in [-0.15, -0.1) is 0 Å². The van der Waals surface area contributed by atoms with Crippen molar-refractivity contribution in [3.8, 4) is 17.2 Å². The van der Waals surface area contributed by atoms with Crippen molar-refractivity contribution in [3.05, 3.63) is 59.8 Å². The van der Waals surface area contributed by atoms with E-state index in [1.165, 1.54) is 12.0 Å². The minimum atomic E-state index is -0.0295. The first-order chi connectivity index (χ1) is 13.3. The number of benzene rings is 2. The summed E-state index contributed by atoms with van der Waals surface area (Å²) in [4.78, 5) is 0. The molecule has 138 valence electrons. The van der Waals surface area contributed by atoms with Gasteiger partial charge in [0.25, 0.3) is 0 Å². The van der Waals surface area contributed by atoms with E-state index in [0.29, 0.717) is 12.2 Å². The van der Waals surface area contributed by atoms with Crippen molar-refractivity contribution < 1.29 is 9.47 Å². The quantitative estimate of drug-likeness (QED) is 0.656. The first kappa shape index (κ1) is 17.8. The molecule has 3 aromatic rings. The summed E-state index contributed by atoms with van der Waals surface area (Å²) in [5, 5.41) is 10.5. The zero-order valence-corrected chi connectivity index (χ0v) is 15.6. The average Bonchev–Trinajstić information content (AvgIpc) is 3.06. The van der Waals surface area contributed by atoms with Crippen molar-refractivity contribution in [2.75, 3.05) is 13.2 Å². The molecule has 0 saturated carbocycles. The highest BCUT2D eigenvalue weighted by Crippen LogP contribution is 2.32. The third-order valence-electron chi connectivity index (χ3n) is 5.23. The maximum Gasteiger partial charge on any atom is 0.157 e. The van der Waals surface area contributed by atoms with E-state index >= 15 is 0 Å². The van der Waals surface area contributed by atoms with Crippen LogP contribution in [0.5, 0.6) is 0 Å². The largest absolute Gasteiger partial charge is 0.353 e. The molecule has 1 aromatic heterocycles. The van der Waals surface area contributed by atoms with Crippen LogP contribution in [0.1, 0.15) is 30.4 Å². The van der Waals surface area contributed by atoms with Gasteiger partial charge < -0.3 is 14.0 Å². The molecular formula is C23H24N2O2. The molecule has 0 amide bonds. The number of ether oxygens (including phenoxy) is 2. The summed E-state index contributed by atoms with van der Waals surface area (Å²) in [5.41, 5.74) is 5.27. The molecular weight excluding hydrogens is 336 g/mol. The van der Waals surface area contributed by atoms with Crippen LogP contribution in [0.3, 0.4) is 0 Å². The Kier molecular flexibility index (Phi) is 5.24. The molecule has 1 saturated heterocycles. The van der Waals surface area contributed by atoms with E-state index in [0.717, 1.165) is 47.9 Å².